The van der Waals surface area contributed by atoms with Crippen LogP contribution in [0.2, 0.25) is 9.49 Å². The molecule has 1 aromatic carbocycles. The van der Waals surface area contributed by atoms with Crippen LogP contribution in [-0.4, -0.2) is 27.9 Å². The summed E-state index contributed by atoms with van der Waals surface area (Å²) in [5.41, 5.74) is 1.49. The van der Waals surface area contributed by atoms with E-state index in [1.54, 1.807) is 25.3 Å². The fraction of sp³-hybridized carbons (Fsp3) is 0.278. The highest BCUT2D eigenvalue weighted by molar-refractivity contribution is 7.15. The number of alkyl halides is 3. The molecule has 3 aromatic rings. The Morgan fingerprint density at radius 1 is 1.10 bits per heavy atom. The number of aryl methyl sites for hydroxylation is 1. The van der Waals surface area contributed by atoms with Gasteiger partial charge in [0.2, 0.25) is 0 Å². The maximum absolute atomic E-state index is 12.3. The molecule has 0 spiro atoms. The van der Waals surface area contributed by atoms with Crippen LogP contribution in [-0.2, 0) is 13.0 Å². The van der Waals surface area contributed by atoms with Crippen LogP contribution in [0.3, 0.4) is 0 Å². The third kappa shape index (κ3) is 6.19. The van der Waals surface area contributed by atoms with Crippen molar-refractivity contribution in [3.05, 3.63) is 62.4 Å². The molecule has 0 aliphatic heterocycles. The molecule has 0 aliphatic carbocycles. The molecule has 0 saturated heterocycles. The van der Waals surface area contributed by atoms with E-state index < -0.39 is 6.36 Å². The van der Waals surface area contributed by atoms with E-state index in [2.05, 4.69) is 19.7 Å². The summed E-state index contributed by atoms with van der Waals surface area (Å²) in [6.45, 7) is 2.79. The second kappa shape index (κ2) is 9.15. The summed E-state index contributed by atoms with van der Waals surface area (Å²) < 4.78 is 41.2. The van der Waals surface area contributed by atoms with Crippen LogP contribution < -0.4 is 9.64 Å². The number of halogens is 5. The molecule has 29 heavy (non-hydrogen) atoms. The number of benzene rings is 1. The average molecular weight is 463 g/mol. The van der Waals surface area contributed by atoms with Crippen molar-refractivity contribution in [2.75, 3.05) is 11.4 Å². The first kappa shape index (κ1) is 21.6. The Balaban J connectivity index is 1.75. The normalized spacial score (nSPS) is 11.5. The van der Waals surface area contributed by atoms with E-state index >= 15 is 0 Å². The van der Waals surface area contributed by atoms with Gasteiger partial charge in [0.05, 0.1) is 12.2 Å². The van der Waals surface area contributed by atoms with Gasteiger partial charge in [0.25, 0.3) is 0 Å². The summed E-state index contributed by atoms with van der Waals surface area (Å²) >= 11 is 13.7. The Morgan fingerprint density at radius 3 is 2.45 bits per heavy atom. The van der Waals surface area contributed by atoms with Crippen LogP contribution in [0.15, 0.2) is 36.8 Å². The molecule has 3 rings (SSSR count). The standard InChI is InChI=1S/C18H15Cl2F3N4OS/c1-11-15(19)16(26-10-25-11)27(9-14-8-24-17(20)29-14)7-6-12-2-4-13(5-3-12)28-18(21,22)23/h2-5,8,10H,6-7,9H2,1H3. The smallest absolute Gasteiger partial charge is 0.406 e. The van der Waals surface area contributed by atoms with Crippen LogP contribution in [0.25, 0.3) is 0 Å². The fourth-order valence-electron chi connectivity index (χ4n) is 2.59. The molecule has 0 N–H and O–H groups in total. The zero-order chi connectivity index (χ0) is 21.0. The lowest BCUT2D eigenvalue weighted by Crippen LogP contribution is -2.26. The van der Waals surface area contributed by atoms with Crippen LogP contribution in [0.4, 0.5) is 19.0 Å². The molecule has 11 heteroatoms. The highest BCUT2D eigenvalue weighted by atomic mass is 35.5. The summed E-state index contributed by atoms with van der Waals surface area (Å²) in [5, 5.41) is 0.442. The quantitative estimate of drug-likeness (QED) is 0.450. The molecule has 0 aliphatic rings. The van der Waals surface area contributed by atoms with E-state index in [1.165, 1.54) is 29.8 Å². The highest BCUT2D eigenvalue weighted by Crippen LogP contribution is 2.29. The van der Waals surface area contributed by atoms with Crippen molar-refractivity contribution in [3.63, 3.8) is 0 Å². The third-order valence-corrected chi connectivity index (χ3v) is 5.49. The maximum Gasteiger partial charge on any atom is 0.573 e. The van der Waals surface area contributed by atoms with Crippen LogP contribution in [0, 0.1) is 6.92 Å². The van der Waals surface area contributed by atoms with Crippen LogP contribution >= 0.6 is 34.5 Å². The number of hydrogen-bond donors (Lipinski definition) is 0. The number of hydrogen-bond acceptors (Lipinski definition) is 6. The van der Waals surface area contributed by atoms with Gasteiger partial charge in [-0.2, -0.15) is 0 Å². The largest absolute Gasteiger partial charge is 0.573 e. The Hall–Kier alpha value is -2.10. The van der Waals surface area contributed by atoms with Gasteiger partial charge in [0.1, 0.15) is 17.1 Å². The van der Waals surface area contributed by atoms with Crippen LogP contribution in [0.1, 0.15) is 16.1 Å². The molecule has 0 amide bonds. The van der Waals surface area contributed by atoms with Crippen molar-refractivity contribution in [2.45, 2.75) is 26.3 Å². The van der Waals surface area contributed by atoms with Gasteiger partial charge in [-0.05, 0) is 31.0 Å². The van der Waals surface area contributed by atoms with Gasteiger partial charge >= 0.3 is 6.36 Å². The summed E-state index contributed by atoms with van der Waals surface area (Å²) in [5.74, 6) is 0.313. The van der Waals surface area contributed by atoms with Gasteiger partial charge in [-0.1, -0.05) is 35.3 Å². The molecule has 0 bridgehead atoms. The second-order valence-electron chi connectivity index (χ2n) is 6.04. The van der Waals surface area contributed by atoms with Crippen LogP contribution in [0.5, 0.6) is 5.75 Å². The van der Waals surface area contributed by atoms with Gasteiger partial charge in [0.15, 0.2) is 10.3 Å². The lowest BCUT2D eigenvalue weighted by Gasteiger charge is -2.24. The van der Waals surface area contributed by atoms with Gasteiger partial charge < -0.3 is 9.64 Å². The monoisotopic (exact) mass is 462 g/mol. The molecule has 2 aromatic heterocycles. The average Bonchev–Trinajstić information content (AvgIpc) is 3.06. The van der Waals surface area contributed by atoms with E-state index in [0.717, 1.165) is 10.4 Å². The lowest BCUT2D eigenvalue weighted by molar-refractivity contribution is -0.274. The van der Waals surface area contributed by atoms with Crippen molar-refractivity contribution in [1.82, 2.24) is 15.0 Å². The molecular weight excluding hydrogens is 448 g/mol. The number of nitrogens with zero attached hydrogens (tertiary/aromatic N) is 4. The SMILES string of the molecule is Cc1ncnc(N(CCc2ccc(OC(F)(F)F)cc2)Cc2cnc(Cl)s2)c1Cl. The number of thiazole rings is 1. The fourth-order valence-corrected chi connectivity index (χ4v) is 3.80. The minimum Gasteiger partial charge on any atom is -0.406 e. The Morgan fingerprint density at radius 2 is 1.83 bits per heavy atom. The van der Waals surface area contributed by atoms with Gasteiger partial charge in [-0.15, -0.1) is 24.5 Å². The van der Waals surface area contributed by atoms with Crippen molar-refractivity contribution < 1.29 is 17.9 Å². The summed E-state index contributed by atoms with van der Waals surface area (Å²) in [7, 11) is 0. The molecule has 0 saturated carbocycles. The Labute approximate surface area is 179 Å². The molecular formula is C18H15Cl2F3N4OS. The Kier molecular flexibility index (Phi) is 6.81. The summed E-state index contributed by atoms with van der Waals surface area (Å²) in [6, 6.07) is 5.77. The molecule has 2 heterocycles. The van der Waals surface area contributed by atoms with Crippen molar-refractivity contribution in [2.24, 2.45) is 0 Å². The van der Waals surface area contributed by atoms with Crippen molar-refractivity contribution in [1.29, 1.82) is 0 Å². The Bertz CT molecular complexity index is 966. The number of anilines is 1. The summed E-state index contributed by atoms with van der Waals surface area (Å²) in [4.78, 5) is 15.3. The zero-order valence-electron chi connectivity index (χ0n) is 15.1. The predicted molar refractivity (Wildman–Crippen MR) is 107 cm³/mol. The van der Waals surface area contributed by atoms with E-state index in [4.69, 9.17) is 23.2 Å². The van der Waals surface area contributed by atoms with Gasteiger partial charge in [-0.25, -0.2) is 15.0 Å². The van der Waals surface area contributed by atoms with E-state index in [9.17, 15) is 13.2 Å². The second-order valence-corrected chi connectivity index (χ2v) is 8.11. The van der Waals surface area contributed by atoms with Gasteiger partial charge in [-0.3, -0.25) is 0 Å². The first-order valence-electron chi connectivity index (χ1n) is 8.38. The topological polar surface area (TPSA) is 51.1 Å². The van der Waals surface area contributed by atoms with E-state index in [1.807, 2.05) is 4.90 Å². The molecule has 0 unspecified atom stereocenters. The number of ether oxygens (including phenoxy) is 1. The molecule has 0 radical (unpaired) electrons. The lowest BCUT2D eigenvalue weighted by atomic mass is 10.1. The van der Waals surface area contributed by atoms with Crippen molar-refractivity contribution in [3.8, 4) is 5.75 Å². The first-order valence-corrected chi connectivity index (χ1v) is 9.95. The van der Waals surface area contributed by atoms with E-state index in [0.29, 0.717) is 40.5 Å². The summed E-state index contributed by atoms with van der Waals surface area (Å²) in [6.07, 6.45) is -1.04. The molecule has 0 fully saturated rings. The van der Waals surface area contributed by atoms with E-state index in [-0.39, 0.29) is 5.75 Å². The number of rotatable bonds is 7. The molecule has 5 nitrogen and oxygen atoms in total. The number of aromatic nitrogens is 3. The predicted octanol–water partition coefficient (Wildman–Crippen LogP) is 5.70. The minimum atomic E-state index is -4.71. The first-order chi connectivity index (χ1) is 13.7. The molecule has 0 atom stereocenters. The maximum atomic E-state index is 12.3. The third-order valence-electron chi connectivity index (χ3n) is 3.94. The highest BCUT2D eigenvalue weighted by Gasteiger charge is 2.30. The minimum absolute atomic E-state index is 0.258. The van der Waals surface area contributed by atoms with Gasteiger partial charge in [0, 0.05) is 17.6 Å². The van der Waals surface area contributed by atoms with Crippen molar-refractivity contribution >= 4 is 40.4 Å². The zero-order valence-corrected chi connectivity index (χ0v) is 17.4. The molecule has 154 valence electrons.